The first-order chi connectivity index (χ1) is 12.6. The Labute approximate surface area is 149 Å². The molecule has 8 heteroatoms. The highest BCUT2D eigenvalue weighted by molar-refractivity contribution is 5.97. The number of imidazole rings is 1. The molecule has 2 aromatic carbocycles. The molecule has 0 spiro atoms. The Morgan fingerprint density at radius 3 is 2.50 bits per heavy atom. The van der Waals surface area contributed by atoms with Crippen molar-refractivity contribution in [1.29, 1.82) is 0 Å². The monoisotopic (exact) mass is 355 g/mol. The van der Waals surface area contributed by atoms with Gasteiger partial charge in [-0.25, -0.2) is 9.78 Å². The van der Waals surface area contributed by atoms with Gasteiger partial charge in [-0.15, -0.1) is 0 Å². The van der Waals surface area contributed by atoms with Crippen molar-refractivity contribution in [3.63, 3.8) is 0 Å². The highest BCUT2D eigenvalue weighted by atomic mass is 16.5. The number of ether oxygens (including phenoxy) is 3. The molecular formula is C18H17N3O5. The lowest BCUT2D eigenvalue weighted by Gasteiger charge is -2.10. The van der Waals surface area contributed by atoms with Gasteiger partial charge in [0.2, 0.25) is 0 Å². The molecule has 0 aliphatic rings. The van der Waals surface area contributed by atoms with Crippen LogP contribution in [-0.2, 0) is 9.53 Å². The third-order valence-electron chi connectivity index (χ3n) is 3.63. The number of aromatic amines is 1. The van der Waals surface area contributed by atoms with Crippen molar-refractivity contribution in [3.8, 4) is 11.5 Å². The Kier molecular flexibility index (Phi) is 5.02. The van der Waals surface area contributed by atoms with Crippen LogP contribution in [0.1, 0.15) is 10.4 Å². The maximum absolute atomic E-state index is 12.1. The second-order valence-corrected chi connectivity index (χ2v) is 5.36. The van der Waals surface area contributed by atoms with E-state index < -0.39 is 18.5 Å². The van der Waals surface area contributed by atoms with Gasteiger partial charge in [-0.3, -0.25) is 4.79 Å². The van der Waals surface area contributed by atoms with E-state index >= 15 is 0 Å². The second kappa shape index (κ2) is 7.56. The molecule has 0 fully saturated rings. The quantitative estimate of drug-likeness (QED) is 0.658. The molecule has 1 aromatic heterocycles. The Bertz CT molecular complexity index is 929. The molecule has 1 amide bonds. The predicted octanol–water partition coefficient (Wildman–Crippen LogP) is 2.38. The van der Waals surface area contributed by atoms with E-state index in [2.05, 4.69) is 15.3 Å². The molecule has 0 saturated heterocycles. The van der Waals surface area contributed by atoms with Crippen LogP contribution in [0.3, 0.4) is 0 Å². The van der Waals surface area contributed by atoms with Gasteiger partial charge < -0.3 is 24.5 Å². The average molecular weight is 355 g/mol. The van der Waals surface area contributed by atoms with Gasteiger partial charge in [-0.05, 0) is 18.2 Å². The molecular weight excluding hydrogens is 338 g/mol. The SMILES string of the molecule is COc1cc(NC(=O)COC(=O)c2ccc3nc[nH]c3c2)cc(OC)c1. The average Bonchev–Trinajstić information content (AvgIpc) is 3.13. The lowest BCUT2D eigenvalue weighted by molar-refractivity contribution is -0.119. The van der Waals surface area contributed by atoms with Crippen molar-refractivity contribution in [3.05, 3.63) is 48.3 Å². The van der Waals surface area contributed by atoms with Crippen LogP contribution < -0.4 is 14.8 Å². The maximum Gasteiger partial charge on any atom is 0.338 e. The van der Waals surface area contributed by atoms with Gasteiger partial charge in [0.25, 0.3) is 5.91 Å². The number of carbonyl (C=O) groups excluding carboxylic acids is 2. The highest BCUT2D eigenvalue weighted by Gasteiger charge is 2.12. The van der Waals surface area contributed by atoms with Crippen LogP contribution in [0.2, 0.25) is 0 Å². The molecule has 0 saturated carbocycles. The van der Waals surface area contributed by atoms with Crippen LogP contribution in [0.15, 0.2) is 42.7 Å². The maximum atomic E-state index is 12.1. The van der Waals surface area contributed by atoms with Gasteiger partial charge in [0, 0.05) is 23.9 Å². The zero-order valence-electron chi connectivity index (χ0n) is 14.2. The Morgan fingerprint density at radius 2 is 1.81 bits per heavy atom. The molecule has 2 N–H and O–H groups in total. The summed E-state index contributed by atoms with van der Waals surface area (Å²) in [7, 11) is 3.03. The molecule has 0 atom stereocenters. The summed E-state index contributed by atoms with van der Waals surface area (Å²) >= 11 is 0. The summed E-state index contributed by atoms with van der Waals surface area (Å²) in [6.45, 7) is -0.417. The Balaban J connectivity index is 1.60. The van der Waals surface area contributed by atoms with Crippen LogP contribution in [0, 0.1) is 0 Å². The van der Waals surface area contributed by atoms with Crippen LogP contribution in [0.4, 0.5) is 5.69 Å². The fraction of sp³-hybridized carbons (Fsp3) is 0.167. The molecule has 1 heterocycles. The standard InChI is InChI=1S/C18H17N3O5/c1-24-13-6-12(7-14(8-13)25-2)21-17(22)9-26-18(23)11-3-4-15-16(5-11)20-10-19-15/h3-8,10H,9H2,1-2H3,(H,19,20)(H,21,22). The first-order valence-corrected chi connectivity index (χ1v) is 7.72. The molecule has 3 rings (SSSR count). The number of amides is 1. The lowest BCUT2D eigenvalue weighted by Crippen LogP contribution is -2.21. The van der Waals surface area contributed by atoms with Crippen LogP contribution in [0.5, 0.6) is 11.5 Å². The minimum absolute atomic E-state index is 0.331. The number of benzene rings is 2. The van der Waals surface area contributed by atoms with E-state index in [1.807, 2.05) is 0 Å². The number of nitrogens with one attached hydrogen (secondary N) is 2. The van der Waals surface area contributed by atoms with Crippen LogP contribution in [0.25, 0.3) is 11.0 Å². The number of methoxy groups -OCH3 is 2. The predicted molar refractivity (Wildman–Crippen MR) is 94.6 cm³/mol. The number of fused-ring (bicyclic) bond motifs is 1. The van der Waals surface area contributed by atoms with Gasteiger partial charge in [0.05, 0.1) is 37.1 Å². The summed E-state index contributed by atoms with van der Waals surface area (Å²) in [5.41, 5.74) is 2.26. The highest BCUT2D eigenvalue weighted by Crippen LogP contribution is 2.25. The van der Waals surface area contributed by atoms with E-state index in [1.165, 1.54) is 20.5 Å². The van der Waals surface area contributed by atoms with E-state index in [4.69, 9.17) is 14.2 Å². The molecule has 3 aromatic rings. The summed E-state index contributed by atoms with van der Waals surface area (Å²) in [4.78, 5) is 31.1. The Hall–Kier alpha value is -3.55. The van der Waals surface area contributed by atoms with Gasteiger partial charge in [0.1, 0.15) is 11.5 Å². The molecule has 0 radical (unpaired) electrons. The number of anilines is 1. The number of hydrogen-bond donors (Lipinski definition) is 2. The van der Waals surface area contributed by atoms with Gasteiger partial charge in [0.15, 0.2) is 6.61 Å². The fourth-order valence-electron chi connectivity index (χ4n) is 2.35. The molecule has 0 unspecified atom stereocenters. The summed E-state index contributed by atoms with van der Waals surface area (Å²) in [6, 6.07) is 9.86. The van der Waals surface area contributed by atoms with Crippen molar-refractivity contribution in [2.24, 2.45) is 0 Å². The third kappa shape index (κ3) is 3.92. The normalized spacial score (nSPS) is 10.4. The third-order valence-corrected chi connectivity index (χ3v) is 3.63. The van der Waals surface area contributed by atoms with Gasteiger partial charge in [-0.2, -0.15) is 0 Å². The number of aromatic nitrogens is 2. The van der Waals surface area contributed by atoms with Crippen molar-refractivity contribution in [1.82, 2.24) is 9.97 Å². The van der Waals surface area contributed by atoms with Gasteiger partial charge >= 0.3 is 5.97 Å². The van der Waals surface area contributed by atoms with Crippen molar-refractivity contribution in [2.45, 2.75) is 0 Å². The zero-order chi connectivity index (χ0) is 18.5. The van der Waals surface area contributed by atoms with E-state index in [0.717, 1.165) is 5.52 Å². The van der Waals surface area contributed by atoms with E-state index in [0.29, 0.717) is 28.3 Å². The number of nitrogens with zero attached hydrogens (tertiary/aromatic N) is 1. The number of carbonyl (C=O) groups is 2. The van der Waals surface area contributed by atoms with Crippen LogP contribution in [-0.4, -0.2) is 42.7 Å². The number of esters is 1. The number of H-pyrrole nitrogens is 1. The molecule has 0 bridgehead atoms. The second-order valence-electron chi connectivity index (χ2n) is 5.36. The molecule has 26 heavy (non-hydrogen) atoms. The van der Waals surface area contributed by atoms with E-state index in [1.54, 1.807) is 36.4 Å². The van der Waals surface area contributed by atoms with E-state index in [-0.39, 0.29) is 0 Å². The van der Waals surface area contributed by atoms with E-state index in [9.17, 15) is 9.59 Å². The van der Waals surface area contributed by atoms with Crippen LogP contribution >= 0.6 is 0 Å². The fourth-order valence-corrected chi connectivity index (χ4v) is 2.35. The topological polar surface area (TPSA) is 103 Å². The minimum atomic E-state index is -0.597. The lowest BCUT2D eigenvalue weighted by atomic mass is 10.2. The first-order valence-electron chi connectivity index (χ1n) is 7.72. The summed E-state index contributed by atoms with van der Waals surface area (Å²) < 4.78 is 15.3. The summed E-state index contributed by atoms with van der Waals surface area (Å²) in [5.74, 6) is -0.00911. The van der Waals surface area contributed by atoms with Crippen molar-refractivity contribution < 1.29 is 23.8 Å². The molecule has 8 nitrogen and oxygen atoms in total. The smallest absolute Gasteiger partial charge is 0.338 e. The summed E-state index contributed by atoms with van der Waals surface area (Å²) in [6.07, 6.45) is 1.54. The molecule has 0 aliphatic heterocycles. The molecule has 134 valence electrons. The number of rotatable bonds is 6. The van der Waals surface area contributed by atoms with Gasteiger partial charge in [-0.1, -0.05) is 0 Å². The zero-order valence-corrected chi connectivity index (χ0v) is 14.2. The first kappa shape index (κ1) is 17.3. The number of hydrogen-bond acceptors (Lipinski definition) is 6. The molecule has 0 aliphatic carbocycles. The van der Waals surface area contributed by atoms with Crippen molar-refractivity contribution >= 4 is 28.6 Å². The Morgan fingerprint density at radius 1 is 1.08 bits per heavy atom. The minimum Gasteiger partial charge on any atom is -0.497 e. The van der Waals surface area contributed by atoms with Crippen molar-refractivity contribution in [2.75, 3.05) is 26.1 Å². The summed E-state index contributed by atoms with van der Waals surface area (Å²) in [5, 5.41) is 2.63. The largest absolute Gasteiger partial charge is 0.497 e.